The van der Waals surface area contributed by atoms with Crippen LogP contribution < -0.4 is 10.2 Å². The molecule has 4 nitrogen and oxygen atoms in total. The van der Waals surface area contributed by atoms with Crippen LogP contribution in [0.25, 0.3) is 0 Å². The van der Waals surface area contributed by atoms with E-state index in [-0.39, 0.29) is 11.7 Å². The molecule has 0 spiro atoms. The summed E-state index contributed by atoms with van der Waals surface area (Å²) in [6, 6.07) is 14.3. The molecule has 1 aliphatic heterocycles. The van der Waals surface area contributed by atoms with Gasteiger partial charge in [0.2, 0.25) is 0 Å². The van der Waals surface area contributed by atoms with Crippen LogP contribution in [0, 0.1) is 12.7 Å². The van der Waals surface area contributed by atoms with E-state index in [1.54, 1.807) is 0 Å². The van der Waals surface area contributed by atoms with Crippen molar-refractivity contribution in [2.24, 2.45) is 0 Å². The minimum Gasteiger partial charge on any atom is -0.369 e. The van der Waals surface area contributed by atoms with Crippen LogP contribution in [0.5, 0.6) is 0 Å². The van der Waals surface area contributed by atoms with Crippen molar-refractivity contribution in [3.63, 3.8) is 0 Å². The Kier molecular flexibility index (Phi) is 6.23. The van der Waals surface area contributed by atoms with Gasteiger partial charge in [0.15, 0.2) is 0 Å². The standard InChI is InChI=1S/C21H26FN3O/c1-17-3-5-18(6-4-17)21(26)23-11-2-12-24-13-15-25(16-14-24)20-9-7-19(22)8-10-20/h3-10H,2,11-16H2,1H3,(H,23,26). The predicted molar refractivity (Wildman–Crippen MR) is 103 cm³/mol. The van der Waals surface area contributed by atoms with Crippen molar-refractivity contribution in [2.75, 3.05) is 44.2 Å². The Hall–Kier alpha value is -2.40. The minimum atomic E-state index is -0.194. The molecule has 26 heavy (non-hydrogen) atoms. The summed E-state index contributed by atoms with van der Waals surface area (Å²) >= 11 is 0. The summed E-state index contributed by atoms with van der Waals surface area (Å²) in [7, 11) is 0. The van der Waals surface area contributed by atoms with Gasteiger partial charge >= 0.3 is 0 Å². The predicted octanol–water partition coefficient (Wildman–Crippen LogP) is 3.08. The summed E-state index contributed by atoms with van der Waals surface area (Å²) in [5.41, 5.74) is 2.95. The molecule has 1 saturated heterocycles. The second-order valence-electron chi connectivity index (χ2n) is 6.78. The number of aryl methyl sites for hydroxylation is 1. The molecule has 5 heteroatoms. The summed E-state index contributed by atoms with van der Waals surface area (Å²) < 4.78 is 13.0. The smallest absolute Gasteiger partial charge is 0.251 e. The van der Waals surface area contributed by atoms with Crippen molar-refractivity contribution in [3.05, 3.63) is 65.5 Å². The van der Waals surface area contributed by atoms with Crippen molar-refractivity contribution in [3.8, 4) is 0 Å². The Morgan fingerprint density at radius 2 is 1.65 bits per heavy atom. The highest BCUT2D eigenvalue weighted by Crippen LogP contribution is 2.16. The lowest BCUT2D eigenvalue weighted by molar-refractivity contribution is 0.0951. The number of nitrogens with zero attached hydrogens (tertiary/aromatic N) is 2. The molecule has 0 unspecified atom stereocenters. The maximum atomic E-state index is 13.0. The van der Waals surface area contributed by atoms with Crippen molar-refractivity contribution in [1.29, 1.82) is 0 Å². The number of anilines is 1. The zero-order valence-corrected chi connectivity index (χ0v) is 15.2. The van der Waals surface area contributed by atoms with Gasteiger partial charge in [-0.2, -0.15) is 0 Å². The first-order valence-corrected chi connectivity index (χ1v) is 9.19. The normalized spacial score (nSPS) is 15.1. The first kappa shape index (κ1) is 18.4. The van der Waals surface area contributed by atoms with Gasteiger partial charge < -0.3 is 10.2 Å². The summed E-state index contributed by atoms with van der Waals surface area (Å²) in [4.78, 5) is 16.8. The van der Waals surface area contributed by atoms with Crippen LogP contribution in [0.15, 0.2) is 48.5 Å². The minimum absolute atomic E-state index is 0.00821. The van der Waals surface area contributed by atoms with Crippen molar-refractivity contribution < 1.29 is 9.18 Å². The topological polar surface area (TPSA) is 35.6 Å². The number of rotatable bonds is 6. The molecule has 1 aliphatic rings. The van der Waals surface area contributed by atoms with E-state index in [4.69, 9.17) is 0 Å². The van der Waals surface area contributed by atoms with Gasteiger partial charge in [-0.05, 0) is 56.3 Å². The lowest BCUT2D eigenvalue weighted by atomic mass is 10.1. The highest BCUT2D eigenvalue weighted by atomic mass is 19.1. The van der Waals surface area contributed by atoms with Gasteiger partial charge in [0, 0.05) is 44.0 Å². The Balaban J connectivity index is 1.34. The van der Waals surface area contributed by atoms with E-state index in [1.165, 1.54) is 12.1 Å². The average molecular weight is 355 g/mol. The van der Waals surface area contributed by atoms with Gasteiger partial charge in [-0.1, -0.05) is 17.7 Å². The van der Waals surface area contributed by atoms with Crippen LogP contribution in [-0.2, 0) is 0 Å². The van der Waals surface area contributed by atoms with Crippen molar-refractivity contribution >= 4 is 11.6 Å². The second-order valence-corrected chi connectivity index (χ2v) is 6.78. The molecule has 2 aromatic rings. The van der Waals surface area contributed by atoms with Gasteiger partial charge in [-0.25, -0.2) is 4.39 Å². The van der Waals surface area contributed by atoms with Crippen molar-refractivity contribution in [1.82, 2.24) is 10.2 Å². The Morgan fingerprint density at radius 1 is 1.00 bits per heavy atom. The third-order valence-electron chi connectivity index (χ3n) is 4.81. The third kappa shape index (κ3) is 5.05. The van der Waals surface area contributed by atoms with Crippen LogP contribution in [0.4, 0.5) is 10.1 Å². The number of hydrogen-bond acceptors (Lipinski definition) is 3. The summed E-state index contributed by atoms with van der Waals surface area (Å²) in [5.74, 6) is -0.203. The number of nitrogens with one attached hydrogen (secondary N) is 1. The number of benzene rings is 2. The van der Waals surface area contributed by atoms with Gasteiger partial charge in [-0.15, -0.1) is 0 Å². The number of hydrogen-bond donors (Lipinski definition) is 1. The summed E-state index contributed by atoms with van der Waals surface area (Å²) in [5, 5.41) is 2.99. The zero-order chi connectivity index (χ0) is 18.4. The number of carbonyl (C=O) groups is 1. The molecule has 3 rings (SSSR count). The first-order valence-electron chi connectivity index (χ1n) is 9.19. The maximum absolute atomic E-state index is 13.0. The fourth-order valence-corrected chi connectivity index (χ4v) is 3.19. The van der Waals surface area contributed by atoms with E-state index in [2.05, 4.69) is 15.1 Å². The molecule has 1 heterocycles. The molecule has 0 atom stereocenters. The second kappa shape index (κ2) is 8.81. The van der Waals surface area contributed by atoms with Gasteiger partial charge in [0.25, 0.3) is 5.91 Å². The van der Waals surface area contributed by atoms with Crippen LogP contribution >= 0.6 is 0 Å². The molecule has 0 radical (unpaired) electrons. The summed E-state index contributed by atoms with van der Waals surface area (Å²) in [6.07, 6.45) is 0.939. The fourth-order valence-electron chi connectivity index (χ4n) is 3.19. The Bertz CT molecular complexity index is 707. The van der Waals surface area contributed by atoms with Crippen molar-refractivity contribution in [2.45, 2.75) is 13.3 Å². The molecular weight excluding hydrogens is 329 g/mol. The monoisotopic (exact) mass is 355 g/mol. The lowest BCUT2D eigenvalue weighted by Crippen LogP contribution is -2.47. The largest absolute Gasteiger partial charge is 0.369 e. The first-order chi connectivity index (χ1) is 12.6. The molecule has 0 saturated carbocycles. The summed E-state index contributed by atoms with van der Waals surface area (Å²) in [6.45, 7) is 7.54. The molecule has 1 fully saturated rings. The molecule has 0 aliphatic carbocycles. The Morgan fingerprint density at radius 3 is 2.31 bits per heavy atom. The van der Waals surface area contributed by atoms with Gasteiger partial charge in [0.05, 0.1) is 0 Å². The van der Waals surface area contributed by atoms with Crippen LogP contribution in [-0.4, -0.2) is 50.1 Å². The average Bonchev–Trinajstić information content (AvgIpc) is 2.67. The van der Waals surface area contributed by atoms with Crippen LogP contribution in [0.3, 0.4) is 0 Å². The Labute approximate surface area is 154 Å². The van der Waals surface area contributed by atoms with E-state index in [1.807, 2.05) is 43.3 Å². The molecule has 0 bridgehead atoms. The number of carbonyl (C=O) groups excluding carboxylic acids is 1. The maximum Gasteiger partial charge on any atom is 0.251 e. The van der Waals surface area contributed by atoms with Crippen LogP contribution in [0.1, 0.15) is 22.3 Å². The molecule has 2 aromatic carbocycles. The highest BCUT2D eigenvalue weighted by molar-refractivity contribution is 5.94. The quantitative estimate of drug-likeness (QED) is 0.809. The number of amides is 1. The number of piperazine rings is 1. The molecule has 0 aromatic heterocycles. The molecule has 1 N–H and O–H groups in total. The van der Waals surface area contributed by atoms with E-state index < -0.39 is 0 Å². The SMILES string of the molecule is Cc1ccc(C(=O)NCCCN2CCN(c3ccc(F)cc3)CC2)cc1. The van der Waals surface area contributed by atoms with Gasteiger partial charge in [0.1, 0.15) is 5.82 Å². The lowest BCUT2D eigenvalue weighted by Gasteiger charge is -2.36. The highest BCUT2D eigenvalue weighted by Gasteiger charge is 2.16. The van der Waals surface area contributed by atoms with E-state index in [9.17, 15) is 9.18 Å². The zero-order valence-electron chi connectivity index (χ0n) is 15.2. The fraction of sp³-hybridized carbons (Fsp3) is 0.381. The molecular formula is C21H26FN3O. The molecule has 1 amide bonds. The third-order valence-corrected chi connectivity index (χ3v) is 4.81. The van der Waals surface area contributed by atoms with Gasteiger partial charge in [-0.3, -0.25) is 9.69 Å². The van der Waals surface area contributed by atoms with Crippen LogP contribution in [0.2, 0.25) is 0 Å². The van der Waals surface area contributed by atoms with E-state index in [0.29, 0.717) is 12.1 Å². The molecule has 138 valence electrons. The van der Waals surface area contributed by atoms with E-state index in [0.717, 1.165) is 50.4 Å². The number of halogens is 1. The van der Waals surface area contributed by atoms with E-state index >= 15 is 0 Å².